The van der Waals surface area contributed by atoms with Crippen molar-refractivity contribution in [2.75, 3.05) is 0 Å². The van der Waals surface area contributed by atoms with Gasteiger partial charge >= 0.3 is 0 Å². The van der Waals surface area contributed by atoms with Gasteiger partial charge < -0.3 is 4.42 Å². The highest BCUT2D eigenvalue weighted by Crippen LogP contribution is 2.28. The van der Waals surface area contributed by atoms with Crippen LogP contribution in [0.15, 0.2) is 77.2 Å². The molecule has 0 aliphatic heterocycles. The first-order valence-corrected chi connectivity index (χ1v) is 7.33. The molecule has 106 valence electrons. The highest BCUT2D eigenvalue weighted by atomic mass is 16.3. The van der Waals surface area contributed by atoms with Crippen molar-refractivity contribution in [3.05, 3.63) is 78.4 Å². The van der Waals surface area contributed by atoms with Crippen molar-refractivity contribution in [2.45, 2.75) is 6.92 Å². The molecule has 1 heterocycles. The van der Waals surface area contributed by atoms with Crippen LogP contribution in [0.5, 0.6) is 0 Å². The lowest BCUT2D eigenvalue weighted by molar-refractivity contribution is 0.620. The molecule has 1 aromatic heterocycles. The van der Waals surface area contributed by atoms with E-state index in [-0.39, 0.29) is 0 Å². The van der Waals surface area contributed by atoms with E-state index in [0.29, 0.717) is 5.89 Å². The van der Waals surface area contributed by atoms with Crippen LogP contribution in [0.4, 0.5) is 0 Å². The van der Waals surface area contributed by atoms with Crippen LogP contribution in [0.25, 0.3) is 33.7 Å². The Balaban J connectivity index is 1.80. The zero-order valence-electron chi connectivity index (χ0n) is 12.3. The van der Waals surface area contributed by atoms with Gasteiger partial charge in [-0.3, -0.25) is 0 Å². The Kier molecular flexibility index (Phi) is 3.01. The van der Waals surface area contributed by atoms with Crippen molar-refractivity contribution < 1.29 is 4.42 Å². The maximum atomic E-state index is 5.87. The maximum Gasteiger partial charge on any atom is 0.227 e. The summed E-state index contributed by atoms with van der Waals surface area (Å²) in [6.07, 6.45) is 0. The van der Waals surface area contributed by atoms with E-state index in [1.54, 1.807) is 0 Å². The molecule has 0 bridgehead atoms. The van der Waals surface area contributed by atoms with Crippen molar-refractivity contribution in [3.8, 4) is 22.6 Å². The van der Waals surface area contributed by atoms with E-state index in [1.165, 1.54) is 11.1 Å². The number of aromatic nitrogens is 1. The van der Waals surface area contributed by atoms with Crippen molar-refractivity contribution in [2.24, 2.45) is 0 Å². The third-order valence-electron chi connectivity index (χ3n) is 3.79. The lowest BCUT2D eigenvalue weighted by Gasteiger charge is -1.99. The summed E-state index contributed by atoms with van der Waals surface area (Å²) in [4.78, 5) is 4.63. The Bertz CT molecular complexity index is 921. The molecule has 0 atom stereocenters. The van der Waals surface area contributed by atoms with Crippen molar-refractivity contribution in [3.63, 3.8) is 0 Å². The molecule has 0 amide bonds. The first-order chi connectivity index (χ1) is 10.8. The first-order valence-electron chi connectivity index (χ1n) is 7.33. The van der Waals surface area contributed by atoms with Gasteiger partial charge in [0, 0.05) is 5.56 Å². The minimum absolute atomic E-state index is 0.667. The van der Waals surface area contributed by atoms with Gasteiger partial charge in [0.05, 0.1) is 0 Å². The van der Waals surface area contributed by atoms with Gasteiger partial charge in [-0.1, -0.05) is 54.1 Å². The molecule has 0 fully saturated rings. The molecule has 0 spiro atoms. The quantitative estimate of drug-likeness (QED) is 0.488. The highest BCUT2D eigenvalue weighted by molar-refractivity contribution is 5.82. The van der Waals surface area contributed by atoms with Gasteiger partial charge in [0.15, 0.2) is 5.58 Å². The predicted octanol–water partition coefficient (Wildman–Crippen LogP) is 5.47. The van der Waals surface area contributed by atoms with Gasteiger partial charge in [0.25, 0.3) is 0 Å². The summed E-state index contributed by atoms with van der Waals surface area (Å²) in [5.74, 6) is 0.667. The Morgan fingerprint density at radius 1 is 0.727 bits per heavy atom. The first kappa shape index (κ1) is 12.8. The van der Waals surface area contributed by atoms with Gasteiger partial charge in [-0.25, -0.2) is 4.98 Å². The van der Waals surface area contributed by atoms with Crippen LogP contribution < -0.4 is 0 Å². The summed E-state index contributed by atoms with van der Waals surface area (Å²) in [5, 5.41) is 0. The summed E-state index contributed by atoms with van der Waals surface area (Å²) in [5.41, 5.74) is 6.27. The normalized spacial score (nSPS) is 11.0. The number of benzene rings is 3. The van der Waals surface area contributed by atoms with E-state index in [4.69, 9.17) is 4.42 Å². The second-order valence-corrected chi connectivity index (χ2v) is 5.43. The highest BCUT2D eigenvalue weighted by Gasteiger charge is 2.09. The fraction of sp³-hybridized carbons (Fsp3) is 0.0500. The molecule has 0 saturated heterocycles. The molecule has 0 aliphatic carbocycles. The molecule has 0 saturated carbocycles. The Morgan fingerprint density at radius 2 is 1.45 bits per heavy atom. The largest absolute Gasteiger partial charge is 0.436 e. The average molecular weight is 285 g/mol. The monoisotopic (exact) mass is 285 g/mol. The summed E-state index contributed by atoms with van der Waals surface area (Å²) < 4.78 is 5.87. The van der Waals surface area contributed by atoms with Gasteiger partial charge in [0.2, 0.25) is 5.89 Å². The standard InChI is InChI=1S/C20H15NO/c1-14-7-9-16(10-8-14)20-21-18-13-17(11-12-19(18)22-20)15-5-3-2-4-6-15/h2-13H,1H3. The zero-order valence-corrected chi connectivity index (χ0v) is 12.3. The Labute approximate surface area is 129 Å². The number of aryl methyl sites for hydroxylation is 1. The smallest absolute Gasteiger partial charge is 0.227 e. The molecule has 0 unspecified atom stereocenters. The summed E-state index contributed by atoms with van der Waals surface area (Å²) in [6, 6.07) is 24.7. The van der Waals surface area contributed by atoms with Crippen LogP contribution in [-0.4, -0.2) is 4.98 Å². The lowest BCUT2D eigenvalue weighted by atomic mass is 10.1. The van der Waals surface area contributed by atoms with Crippen molar-refractivity contribution in [1.29, 1.82) is 0 Å². The number of oxazole rings is 1. The molecule has 4 rings (SSSR count). The predicted molar refractivity (Wildman–Crippen MR) is 89.6 cm³/mol. The topological polar surface area (TPSA) is 26.0 Å². The fourth-order valence-electron chi connectivity index (χ4n) is 2.56. The van der Waals surface area contributed by atoms with E-state index in [1.807, 2.05) is 36.4 Å². The number of fused-ring (bicyclic) bond motifs is 1. The minimum Gasteiger partial charge on any atom is -0.436 e. The SMILES string of the molecule is Cc1ccc(-c2nc3cc(-c4ccccc4)ccc3o2)cc1. The number of nitrogens with zero attached hydrogens (tertiary/aromatic N) is 1. The van der Waals surface area contributed by atoms with Crippen LogP contribution in [0.2, 0.25) is 0 Å². The van der Waals surface area contributed by atoms with Crippen molar-refractivity contribution >= 4 is 11.1 Å². The van der Waals surface area contributed by atoms with Crippen LogP contribution in [-0.2, 0) is 0 Å². The maximum absolute atomic E-state index is 5.87. The molecule has 22 heavy (non-hydrogen) atoms. The van der Waals surface area contributed by atoms with Crippen LogP contribution in [0.1, 0.15) is 5.56 Å². The van der Waals surface area contributed by atoms with E-state index >= 15 is 0 Å². The fourth-order valence-corrected chi connectivity index (χ4v) is 2.56. The molecule has 2 heteroatoms. The summed E-state index contributed by atoms with van der Waals surface area (Å²) in [6.45, 7) is 2.07. The lowest BCUT2D eigenvalue weighted by Crippen LogP contribution is -1.78. The second kappa shape index (κ2) is 5.15. The molecule has 2 nitrogen and oxygen atoms in total. The number of hydrogen-bond donors (Lipinski definition) is 0. The van der Waals surface area contributed by atoms with Gasteiger partial charge in [0.1, 0.15) is 5.52 Å². The van der Waals surface area contributed by atoms with Gasteiger partial charge in [-0.15, -0.1) is 0 Å². The number of rotatable bonds is 2. The Morgan fingerprint density at radius 3 is 2.23 bits per heavy atom. The van der Waals surface area contributed by atoms with E-state index < -0.39 is 0 Å². The minimum atomic E-state index is 0.667. The van der Waals surface area contributed by atoms with Crippen LogP contribution >= 0.6 is 0 Å². The van der Waals surface area contributed by atoms with E-state index in [9.17, 15) is 0 Å². The molecule has 4 aromatic rings. The number of hydrogen-bond acceptors (Lipinski definition) is 2. The molecule has 3 aromatic carbocycles. The molecule has 0 radical (unpaired) electrons. The van der Waals surface area contributed by atoms with E-state index in [0.717, 1.165) is 22.2 Å². The van der Waals surface area contributed by atoms with Crippen LogP contribution in [0, 0.1) is 6.92 Å². The molecule has 0 aliphatic rings. The molecular weight excluding hydrogens is 270 g/mol. The summed E-state index contributed by atoms with van der Waals surface area (Å²) in [7, 11) is 0. The van der Waals surface area contributed by atoms with Gasteiger partial charge in [-0.05, 0) is 42.3 Å². The third kappa shape index (κ3) is 2.29. The average Bonchev–Trinajstić information content (AvgIpc) is 2.99. The Hall–Kier alpha value is -2.87. The van der Waals surface area contributed by atoms with E-state index in [2.05, 4.69) is 48.3 Å². The molecular formula is C20H15NO. The van der Waals surface area contributed by atoms with Crippen LogP contribution in [0.3, 0.4) is 0 Å². The summed E-state index contributed by atoms with van der Waals surface area (Å²) >= 11 is 0. The second-order valence-electron chi connectivity index (χ2n) is 5.43. The molecule has 0 N–H and O–H groups in total. The zero-order chi connectivity index (χ0) is 14.9. The van der Waals surface area contributed by atoms with Gasteiger partial charge in [-0.2, -0.15) is 0 Å². The third-order valence-corrected chi connectivity index (χ3v) is 3.79. The van der Waals surface area contributed by atoms with Crippen molar-refractivity contribution in [1.82, 2.24) is 4.98 Å².